The van der Waals surface area contributed by atoms with Crippen LogP contribution < -0.4 is 15.4 Å². The zero-order valence-corrected chi connectivity index (χ0v) is 25.8. The number of hydrogen-bond acceptors (Lipinski definition) is 8. The molecule has 13 nitrogen and oxygen atoms in total. The minimum Gasteiger partial charge on any atom is -0.444 e. The van der Waals surface area contributed by atoms with Crippen molar-refractivity contribution >= 4 is 39.7 Å². The molecule has 3 fully saturated rings. The lowest BCUT2D eigenvalue weighted by atomic mass is 10.1. The number of carbonyl (C=O) groups excluding carboxylic acids is 5. The molecule has 0 bridgehead atoms. The molecule has 2 heterocycles. The number of rotatable bonds is 10. The molecule has 1 saturated heterocycles. The number of amides is 5. The molecule has 45 heavy (non-hydrogen) atoms. The van der Waals surface area contributed by atoms with E-state index in [1.807, 2.05) is 0 Å². The highest BCUT2D eigenvalue weighted by Gasteiger charge is 2.62. The van der Waals surface area contributed by atoms with E-state index in [0.29, 0.717) is 24.0 Å². The SMILES string of the molecule is C=C[C@@H]1C[C@]1(NC(=O)[C@@H]1C[C@@H](OC(=O)N2Cc3cccc(F)c3C2)CN1C(=O)[C@@H](C)NC(=O)/C=C/C)C(=O)NS(=O)(=O)C1CC1. The van der Waals surface area contributed by atoms with Gasteiger partial charge < -0.3 is 20.3 Å². The number of ether oxygens (including phenoxy) is 1. The number of sulfonamides is 1. The molecule has 2 aliphatic carbocycles. The van der Waals surface area contributed by atoms with Crippen LogP contribution in [-0.2, 0) is 47.0 Å². The molecular weight excluding hydrogens is 609 g/mol. The second-order valence-electron chi connectivity index (χ2n) is 11.9. The van der Waals surface area contributed by atoms with Crippen LogP contribution >= 0.6 is 0 Å². The molecule has 0 radical (unpaired) electrons. The molecule has 0 unspecified atom stereocenters. The van der Waals surface area contributed by atoms with E-state index in [1.54, 1.807) is 19.1 Å². The minimum absolute atomic E-state index is 0.00152. The summed E-state index contributed by atoms with van der Waals surface area (Å²) in [5.41, 5.74) is -0.553. The summed E-state index contributed by atoms with van der Waals surface area (Å²) >= 11 is 0. The van der Waals surface area contributed by atoms with Crippen molar-refractivity contribution in [3.8, 4) is 0 Å². The lowest BCUT2D eigenvalue weighted by Gasteiger charge is -2.28. The molecular formula is C30H36FN5O8S. The molecule has 0 aromatic heterocycles. The molecule has 4 aliphatic rings. The highest BCUT2D eigenvalue weighted by molar-refractivity contribution is 7.91. The van der Waals surface area contributed by atoms with E-state index in [0.717, 1.165) is 0 Å². The first-order chi connectivity index (χ1) is 21.3. The maximum absolute atomic E-state index is 14.2. The van der Waals surface area contributed by atoms with Gasteiger partial charge in [0.15, 0.2) is 0 Å². The van der Waals surface area contributed by atoms with Gasteiger partial charge in [0.2, 0.25) is 27.7 Å². The molecule has 242 valence electrons. The van der Waals surface area contributed by atoms with Gasteiger partial charge in [0.05, 0.1) is 18.3 Å². The molecule has 1 aromatic rings. The Morgan fingerprint density at radius 2 is 1.91 bits per heavy atom. The Morgan fingerprint density at radius 3 is 2.53 bits per heavy atom. The number of halogens is 1. The lowest BCUT2D eigenvalue weighted by molar-refractivity contribution is -0.141. The third kappa shape index (κ3) is 6.58. The smallest absolute Gasteiger partial charge is 0.410 e. The van der Waals surface area contributed by atoms with E-state index in [9.17, 15) is 36.8 Å². The normalized spacial score (nSPS) is 26.2. The molecule has 1 aromatic carbocycles. The Morgan fingerprint density at radius 1 is 1.18 bits per heavy atom. The fraction of sp³-hybridized carbons (Fsp3) is 0.500. The van der Waals surface area contributed by atoms with Crippen LogP contribution in [0.25, 0.3) is 0 Å². The maximum atomic E-state index is 14.2. The molecule has 0 spiro atoms. The minimum atomic E-state index is -3.90. The number of hydrogen-bond donors (Lipinski definition) is 3. The van der Waals surface area contributed by atoms with E-state index in [1.165, 1.54) is 41.0 Å². The first-order valence-corrected chi connectivity index (χ1v) is 16.3. The van der Waals surface area contributed by atoms with Crippen molar-refractivity contribution in [1.82, 2.24) is 25.2 Å². The molecule has 2 aliphatic heterocycles. The quantitative estimate of drug-likeness (QED) is 0.250. The summed E-state index contributed by atoms with van der Waals surface area (Å²) in [6, 6.07) is 2.28. The van der Waals surface area contributed by atoms with E-state index in [4.69, 9.17) is 4.74 Å². The number of carbonyl (C=O) groups is 5. The van der Waals surface area contributed by atoms with Crippen molar-refractivity contribution in [3.63, 3.8) is 0 Å². The van der Waals surface area contributed by atoms with Gasteiger partial charge in [-0.15, -0.1) is 6.58 Å². The van der Waals surface area contributed by atoms with Gasteiger partial charge in [0.25, 0.3) is 5.91 Å². The second-order valence-corrected chi connectivity index (χ2v) is 13.9. The molecule has 5 rings (SSSR count). The maximum Gasteiger partial charge on any atom is 0.410 e. The van der Waals surface area contributed by atoms with Crippen molar-refractivity contribution in [1.29, 1.82) is 0 Å². The number of allylic oxidation sites excluding steroid dienone is 1. The van der Waals surface area contributed by atoms with Gasteiger partial charge in [-0.3, -0.25) is 28.8 Å². The fourth-order valence-corrected chi connectivity index (χ4v) is 7.21. The van der Waals surface area contributed by atoms with Crippen molar-refractivity contribution in [2.75, 3.05) is 6.54 Å². The Labute approximate surface area is 260 Å². The number of likely N-dealkylation sites (tertiary alicyclic amines) is 1. The van der Waals surface area contributed by atoms with Crippen LogP contribution in [0.1, 0.15) is 50.7 Å². The predicted molar refractivity (Wildman–Crippen MR) is 158 cm³/mol. The van der Waals surface area contributed by atoms with Crippen molar-refractivity contribution in [2.45, 2.75) is 81.6 Å². The first-order valence-electron chi connectivity index (χ1n) is 14.8. The summed E-state index contributed by atoms with van der Waals surface area (Å²) in [5, 5.41) is 4.52. The lowest BCUT2D eigenvalue weighted by Crippen LogP contribution is -2.58. The van der Waals surface area contributed by atoms with Crippen LogP contribution in [0.2, 0.25) is 0 Å². The summed E-state index contributed by atoms with van der Waals surface area (Å²) in [5.74, 6) is -3.79. The number of benzene rings is 1. The van der Waals surface area contributed by atoms with Gasteiger partial charge in [-0.2, -0.15) is 0 Å². The Balaban J connectivity index is 1.32. The van der Waals surface area contributed by atoms with Gasteiger partial charge in [-0.05, 0) is 50.8 Å². The monoisotopic (exact) mass is 645 g/mol. The third-order valence-electron chi connectivity index (χ3n) is 8.60. The van der Waals surface area contributed by atoms with Gasteiger partial charge in [-0.1, -0.05) is 24.3 Å². The first kappa shape index (κ1) is 32.1. The summed E-state index contributed by atoms with van der Waals surface area (Å²) in [4.78, 5) is 68.1. The number of nitrogens with zero attached hydrogens (tertiary/aromatic N) is 2. The van der Waals surface area contributed by atoms with Crippen LogP contribution in [0.5, 0.6) is 0 Å². The Hall–Kier alpha value is -4.27. The van der Waals surface area contributed by atoms with E-state index in [-0.39, 0.29) is 32.5 Å². The zero-order chi connectivity index (χ0) is 32.7. The van der Waals surface area contributed by atoms with Gasteiger partial charge >= 0.3 is 6.09 Å². The van der Waals surface area contributed by atoms with Crippen LogP contribution in [0.15, 0.2) is 43.0 Å². The van der Waals surface area contributed by atoms with E-state index >= 15 is 0 Å². The fourth-order valence-electron chi connectivity index (χ4n) is 5.84. The van der Waals surface area contributed by atoms with Crippen LogP contribution in [0.3, 0.4) is 0 Å². The van der Waals surface area contributed by atoms with Crippen molar-refractivity contribution in [2.24, 2.45) is 5.92 Å². The predicted octanol–water partition coefficient (Wildman–Crippen LogP) is 0.998. The second kappa shape index (κ2) is 12.3. The van der Waals surface area contributed by atoms with Crippen LogP contribution in [0, 0.1) is 11.7 Å². The molecule has 3 N–H and O–H groups in total. The van der Waals surface area contributed by atoms with Crippen LogP contribution in [0.4, 0.5) is 9.18 Å². The molecule has 5 amide bonds. The number of nitrogens with one attached hydrogen (secondary N) is 3. The highest BCUT2D eigenvalue weighted by Crippen LogP contribution is 2.45. The molecule has 15 heteroatoms. The van der Waals surface area contributed by atoms with Gasteiger partial charge in [0.1, 0.15) is 29.5 Å². The highest BCUT2D eigenvalue weighted by atomic mass is 32.2. The largest absolute Gasteiger partial charge is 0.444 e. The Kier molecular flexibility index (Phi) is 8.75. The standard InChI is InChI=1S/C30H36FN5O8S/c1-4-7-25(37)32-17(3)27(39)36-15-20(44-29(41)35-14-18-8-6-9-23(31)22(18)16-35)12-24(36)26(38)33-30(13-19(30)5-2)28(40)34-45(42,43)21-10-11-21/h4-9,17,19-21,24H,2,10-16H2,1,3H3,(H,32,37)(H,33,38)(H,34,40)/b7-4+/t17-,19-,20-,24+,30-/m1/s1. The topological polar surface area (TPSA) is 171 Å². The molecule has 2 saturated carbocycles. The summed E-state index contributed by atoms with van der Waals surface area (Å²) in [6.07, 6.45) is 3.32. The average molecular weight is 646 g/mol. The number of fused-ring (bicyclic) bond motifs is 1. The zero-order valence-electron chi connectivity index (χ0n) is 25.0. The summed E-state index contributed by atoms with van der Waals surface area (Å²) in [7, 11) is -3.90. The van der Waals surface area contributed by atoms with Crippen molar-refractivity contribution < 1.29 is 41.5 Å². The Bertz CT molecular complexity index is 1580. The summed E-state index contributed by atoms with van der Waals surface area (Å²) in [6.45, 7) is 6.70. The summed E-state index contributed by atoms with van der Waals surface area (Å²) < 4.78 is 46.9. The van der Waals surface area contributed by atoms with Crippen LogP contribution in [-0.4, -0.2) is 83.5 Å². The van der Waals surface area contributed by atoms with Gasteiger partial charge in [0, 0.05) is 24.4 Å². The van der Waals surface area contributed by atoms with E-state index < -0.39 is 80.5 Å². The third-order valence-corrected chi connectivity index (χ3v) is 10.4. The van der Waals surface area contributed by atoms with Crippen molar-refractivity contribution in [3.05, 3.63) is 60.0 Å². The van der Waals surface area contributed by atoms with E-state index in [2.05, 4.69) is 21.9 Å². The molecule has 5 atom stereocenters. The average Bonchev–Trinajstić information content (AvgIpc) is 3.87. The van der Waals surface area contributed by atoms with Gasteiger partial charge in [-0.25, -0.2) is 17.6 Å².